The van der Waals surface area contributed by atoms with Gasteiger partial charge in [0, 0.05) is 16.4 Å². The number of rotatable bonds is 2. The topological polar surface area (TPSA) is 68.0 Å². The van der Waals surface area contributed by atoms with Gasteiger partial charge in [-0.1, -0.05) is 6.07 Å². The van der Waals surface area contributed by atoms with Crippen LogP contribution in [0.15, 0.2) is 41.0 Å². The fourth-order valence-corrected chi connectivity index (χ4v) is 2.07. The lowest BCUT2D eigenvalue weighted by Crippen LogP contribution is -2.14. The molecule has 0 aliphatic heterocycles. The van der Waals surface area contributed by atoms with E-state index in [1.54, 1.807) is 6.07 Å². The number of halogens is 1. The van der Waals surface area contributed by atoms with Gasteiger partial charge in [-0.2, -0.15) is 0 Å². The summed E-state index contributed by atoms with van der Waals surface area (Å²) in [6, 6.07) is 8.87. The van der Waals surface area contributed by atoms with Crippen LogP contribution in [0.2, 0.25) is 0 Å². The predicted molar refractivity (Wildman–Crippen MR) is 75.5 cm³/mol. The Morgan fingerprint density at radius 3 is 2.78 bits per heavy atom. The second kappa shape index (κ2) is 5.18. The highest BCUT2D eigenvalue weighted by Gasteiger charge is 2.09. The van der Waals surface area contributed by atoms with Crippen molar-refractivity contribution in [2.24, 2.45) is 0 Å². The van der Waals surface area contributed by atoms with E-state index in [0.29, 0.717) is 17.1 Å². The molecule has 0 aliphatic rings. The van der Waals surface area contributed by atoms with Gasteiger partial charge in [-0.3, -0.25) is 9.78 Å². The number of carbonyl (C=O) groups is 1. The molecule has 0 fully saturated rings. The first-order chi connectivity index (χ1) is 8.56. The van der Waals surface area contributed by atoms with Gasteiger partial charge < -0.3 is 11.1 Å². The number of pyridine rings is 1. The number of hydrogen-bond donors (Lipinski definition) is 2. The number of aryl methyl sites for hydroxylation is 1. The molecule has 1 heterocycles. The van der Waals surface area contributed by atoms with Crippen LogP contribution >= 0.6 is 15.9 Å². The molecule has 0 saturated carbocycles. The monoisotopic (exact) mass is 305 g/mol. The van der Waals surface area contributed by atoms with Crippen LogP contribution in [0.5, 0.6) is 0 Å². The first-order valence-electron chi connectivity index (χ1n) is 5.35. The Labute approximate surface area is 113 Å². The van der Waals surface area contributed by atoms with Crippen molar-refractivity contribution in [2.45, 2.75) is 6.92 Å². The second-order valence-corrected chi connectivity index (χ2v) is 4.77. The highest BCUT2D eigenvalue weighted by Crippen LogP contribution is 2.23. The molecule has 0 atom stereocenters. The summed E-state index contributed by atoms with van der Waals surface area (Å²) in [4.78, 5) is 15.9. The molecule has 0 spiro atoms. The lowest BCUT2D eigenvalue weighted by atomic mass is 10.2. The quantitative estimate of drug-likeness (QED) is 0.896. The van der Waals surface area contributed by atoms with E-state index in [1.165, 1.54) is 12.3 Å². The van der Waals surface area contributed by atoms with Gasteiger partial charge in [0.1, 0.15) is 5.69 Å². The maximum Gasteiger partial charge on any atom is 0.274 e. The predicted octanol–water partition coefficient (Wildman–Crippen LogP) is 2.99. The number of hydrogen-bond acceptors (Lipinski definition) is 3. The highest BCUT2D eigenvalue weighted by molar-refractivity contribution is 9.10. The van der Waals surface area contributed by atoms with Gasteiger partial charge in [0.15, 0.2) is 0 Å². The number of aromatic nitrogens is 1. The maximum absolute atomic E-state index is 12.0. The molecular formula is C13H12BrN3O. The summed E-state index contributed by atoms with van der Waals surface area (Å²) in [6.45, 7) is 1.98. The number of amides is 1. The Kier molecular flexibility index (Phi) is 3.62. The summed E-state index contributed by atoms with van der Waals surface area (Å²) in [6.07, 6.45) is 1.51. The minimum atomic E-state index is -0.285. The number of benzene rings is 1. The summed E-state index contributed by atoms with van der Waals surface area (Å²) in [5.74, 6) is -0.285. The lowest BCUT2D eigenvalue weighted by Gasteiger charge is -2.07. The number of anilines is 2. The first-order valence-corrected chi connectivity index (χ1v) is 6.14. The highest BCUT2D eigenvalue weighted by atomic mass is 79.9. The van der Waals surface area contributed by atoms with Gasteiger partial charge in [-0.15, -0.1) is 0 Å². The van der Waals surface area contributed by atoms with Gasteiger partial charge in [0.05, 0.1) is 5.69 Å². The Bertz CT molecular complexity index is 599. The lowest BCUT2D eigenvalue weighted by molar-refractivity contribution is 0.102. The molecule has 1 aromatic carbocycles. The molecule has 2 aromatic rings. The molecule has 0 bridgehead atoms. The van der Waals surface area contributed by atoms with Crippen molar-refractivity contribution in [1.82, 2.24) is 4.98 Å². The first kappa shape index (κ1) is 12.6. The smallest absolute Gasteiger partial charge is 0.274 e. The van der Waals surface area contributed by atoms with E-state index in [-0.39, 0.29) is 5.91 Å². The molecule has 4 nitrogen and oxygen atoms in total. The number of nitrogens with two attached hydrogens (primary N) is 1. The standard InChI is InChI=1S/C13H12BrN3O/c1-8-2-3-11(10(14)6-8)17-13(18)12-7-9(15)4-5-16-12/h2-7H,1H3,(H2,15,16)(H,17,18). The summed E-state index contributed by atoms with van der Waals surface area (Å²) in [5, 5.41) is 2.78. The summed E-state index contributed by atoms with van der Waals surface area (Å²) < 4.78 is 0.833. The van der Waals surface area contributed by atoms with E-state index in [0.717, 1.165) is 10.0 Å². The number of nitrogens with one attached hydrogen (secondary N) is 1. The Balaban J connectivity index is 2.21. The average molecular weight is 306 g/mol. The third-order valence-electron chi connectivity index (χ3n) is 2.39. The van der Waals surface area contributed by atoms with Crippen molar-refractivity contribution in [3.63, 3.8) is 0 Å². The SMILES string of the molecule is Cc1ccc(NC(=O)c2cc(N)ccn2)c(Br)c1. The molecular weight excluding hydrogens is 294 g/mol. The third kappa shape index (κ3) is 2.87. The molecule has 0 aliphatic carbocycles. The Morgan fingerprint density at radius 1 is 1.33 bits per heavy atom. The van der Waals surface area contributed by atoms with Gasteiger partial charge in [0.25, 0.3) is 5.91 Å². The number of carbonyl (C=O) groups excluding carboxylic acids is 1. The minimum absolute atomic E-state index is 0.285. The minimum Gasteiger partial charge on any atom is -0.399 e. The van der Waals surface area contributed by atoms with Gasteiger partial charge in [-0.05, 0) is 52.7 Å². The summed E-state index contributed by atoms with van der Waals surface area (Å²) in [5.41, 5.74) is 8.23. The largest absolute Gasteiger partial charge is 0.399 e. The fraction of sp³-hybridized carbons (Fsp3) is 0.0769. The third-order valence-corrected chi connectivity index (χ3v) is 3.05. The molecule has 2 rings (SSSR count). The van der Waals surface area contributed by atoms with Crippen molar-refractivity contribution in [1.29, 1.82) is 0 Å². The van der Waals surface area contributed by atoms with Crippen LogP contribution in [-0.2, 0) is 0 Å². The summed E-state index contributed by atoms with van der Waals surface area (Å²) >= 11 is 3.40. The molecule has 3 N–H and O–H groups in total. The van der Waals surface area contributed by atoms with Crippen LogP contribution < -0.4 is 11.1 Å². The van der Waals surface area contributed by atoms with Crippen LogP contribution in [0, 0.1) is 6.92 Å². The molecule has 0 radical (unpaired) electrons. The molecule has 0 saturated heterocycles. The Hall–Kier alpha value is -1.88. The zero-order valence-electron chi connectivity index (χ0n) is 9.77. The number of nitrogens with zero attached hydrogens (tertiary/aromatic N) is 1. The van der Waals surface area contributed by atoms with Crippen molar-refractivity contribution in [2.75, 3.05) is 11.1 Å². The fourth-order valence-electron chi connectivity index (χ4n) is 1.48. The van der Waals surface area contributed by atoms with Crippen LogP contribution in [0.25, 0.3) is 0 Å². The second-order valence-electron chi connectivity index (χ2n) is 3.91. The van der Waals surface area contributed by atoms with E-state index in [9.17, 15) is 4.79 Å². The number of nitrogen functional groups attached to an aromatic ring is 1. The van der Waals surface area contributed by atoms with Gasteiger partial charge >= 0.3 is 0 Å². The molecule has 1 amide bonds. The van der Waals surface area contributed by atoms with Crippen molar-refractivity contribution >= 4 is 33.2 Å². The average Bonchev–Trinajstić information content (AvgIpc) is 2.32. The molecule has 5 heteroatoms. The van der Waals surface area contributed by atoms with Crippen LogP contribution in [0.3, 0.4) is 0 Å². The van der Waals surface area contributed by atoms with Crippen molar-refractivity contribution in [3.8, 4) is 0 Å². The van der Waals surface area contributed by atoms with Crippen molar-refractivity contribution in [3.05, 3.63) is 52.3 Å². The van der Waals surface area contributed by atoms with Crippen molar-refractivity contribution < 1.29 is 4.79 Å². The van der Waals surface area contributed by atoms with Crippen LogP contribution in [-0.4, -0.2) is 10.9 Å². The molecule has 1 aromatic heterocycles. The zero-order valence-corrected chi connectivity index (χ0v) is 11.4. The molecule has 18 heavy (non-hydrogen) atoms. The van der Waals surface area contributed by atoms with E-state index >= 15 is 0 Å². The van der Waals surface area contributed by atoms with Crippen LogP contribution in [0.1, 0.15) is 16.1 Å². The summed E-state index contributed by atoms with van der Waals surface area (Å²) in [7, 11) is 0. The van der Waals surface area contributed by atoms with E-state index in [1.807, 2.05) is 25.1 Å². The Morgan fingerprint density at radius 2 is 2.11 bits per heavy atom. The van der Waals surface area contributed by atoms with Crippen LogP contribution in [0.4, 0.5) is 11.4 Å². The normalized spacial score (nSPS) is 10.1. The van der Waals surface area contributed by atoms with Gasteiger partial charge in [-0.25, -0.2) is 0 Å². The van der Waals surface area contributed by atoms with E-state index < -0.39 is 0 Å². The van der Waals surface area contributed by atoms with E-state index in [4.69, 9.17) is 5.73 Å². The maximum atomic E-state index is 12.0. The van der Waals surface area contributed by atoms with Gasteiger partial charge in [0.2, 0.25) is 0 Å². The van der Waals surface area contributed by atoms with E-state index in [2.05, 4.69) is 26.2 Å². The zero-order chi connectivity index (χ0) is 13.1. The molecule has 92 valence electrons. The molecule has 0 unspecified atom stereocenters.